The highest BCUT2D eigenvalue weighted by atomic mass is 16.5. The van der Waals surface area contributed by atoms with Crippen molar-refractivity contribution in [1.82, 2.24) is 5.32 Å². The molecule has 0 atom stereocenters. The fourth-order valence-electron chi connectivity index (χ4n) is 3.45. The second-order valence-electron chi connectivity index (χ2n) is 5.92. The van der Waals surface area contributed by atoms with Gasteiger partial charge in [-0.25, -0.2) is 0 Å². The standard InChI is InChI=1S/C17H18N4O2/c18-10-12-8-13-16(14(9-12)20-4-6-23-7-5-20)21-3-1-2-19-11-15(21)17(13)22/h8-9,11,19H,1-7H2. The van der Waals surface area contributed by atoms with Gasteiger partial charge in [0.05, 0.1) is 41.8 Å². The molecule has 0 spiro atoms. The minimum absolute atomic E-state index is 0.000935. The van der Waals surface area contributed by atoms with E-state index in [4.69, 9.17) is 4.74 Å². The molecule has 1 fully saturated rings. The van der Waals surface area contributed by atoms with Crippen LogP contribution in [0.3, 0.4) is 0 Å². The van der Waals surface area contributed by atoms with Crippen LogP contribution in [0.2, 0.25) is 0 Å². The summed E-state index contributed by atoms with van der Waals surface area (Å²) in [4.78, 5) is 17.1. The molecule has 118 valence electrons. The molecule has 6 nitrogen and oxygen atoms in total. The van der Waals surface area contributed by atoms with Gasteiger partial charge in [-0.2, -0.15) is 5.26 Å². The van der Waals surface area contributed by atoms with E-state index in [0.29, 0.717) is 30.0 Å². The van der Waals surface area contributed by atoms with Gasteiger partial charge < -0.3 is 19.9 Å². The summed E-state index contributed by atoms with van der Waals surface area (Å²) in [5.41, 5.74) is 3.78. The Hall–Kier alpha value is -2.52. The number of hydrogen-bond donors (Lipinski definition) is 1. The lowest BCUT2D eigenvalue weighted by molar-refractivity contribution is 0.103. The summed E-state index contributed by atoms with van der Waals surface area (Å²) >= 11 is 0. The van der Waals surface area contributed by atoms with E-state index in [1.54, 1.807) is 6.07 Å². The minimum Gasteiger partial charge on any atom is -0.389 e. The molecule has 1 aromatic carbocycles. The van der Waals surface area contributed by atoms with Gasteiger partial charge in [-0.3, -0.25) is 4.79 Å². The van der Waals surface area contributed by atoms with Crippen molar-refractivity contribution in [3.05, 3.63) is 35.2 Å². The molecule has 23 heavy (non-hydrogen) atoms. The van der Waals surface area contributed by atoms with Gasteiger partial charge in [0.25, 0.3) is 0 Å². The van der Waals surface area contributed by atoms with Crippen LogP contribution in [0, 0.1) is 11.3 Å². The zero-order valence-corrected chi connectivity index (χ0v) is 12.8. The summed E-state index contributed by atoms with van der Waals surface area (Å²) in [6.45, 7) is 4.57. The molecule has 0 bridgehead atoms. The summed E-state index contributed by atoms with van der Waals surface area (Å²) < 4.78 is 5.44. The largest absolute Gasteiger partial charge is 0.389 e. The van der Waals surface area contributed by atoms with Gasteiger partial charge >= 0.3 is 0 Å². The van der Waals surface area contributed by atoms with Crippen LogP contribution in [0.5, 0.6) is 0 Å². The molecular weight excluding hydrogens is 292 g/mol. The lowest BCUT2D eigenvalue weighted by atomic mass is 10.0. The number of carbonyl (C=O) groups is 1. The maximum atomic E-state index is 12.8. The summed E-state index contributed by atoms with van der Waals surface area (Å²) in [6.07, 6.45) is 2.78. The number of benzene rings is 1. The van der Waals surface area contributed by atoms with Crippen molar-refractivity contribution in [2.75, 3.05) is 49.2 Å². The maximum Gasteiger partial charge on any atom is 0.213 e. The number of nitrogens with one attached hydrogen (secondary N) is 1. The van der Waals surface area contributed by atoms with Crippen LogP contribution in [-0.4, -0.2) is 45.2 Å². The number of ketones is 1. The van der Waals surface area contributed by atoms with Crippen LogP contribution >= 0.6 is 0 Å². The lowest BCUT2D eigenvalue weighted by Crippen LogP contribution is -2.37. The quantitative estimate of drug-likeness (QED) is 0.841. The first kappa shape index (κ1) is 14.1. The number of nitrogens with zero attached hydrogens (tertiary/aromatic N) is 3. The Labute approximate surface area is 134 Å². The second kappa shape index (κ2) is 5.60. The Bertz CT molecular complexity index is 729. The number of Topliss-reactive ketones (excluding diaryl/α,β-unsaturated/α-hetero) is 1. The third-order valence-electron chi connectivity index (χ3n) is 4.55. The number of nitriles is 1. The molecule has 0 amide bonds. The Morgan fingerprint density at radius 2 is 2.04 bits per heavy atom. The molecule has 3 aliphatic heterocycles. The van der Waals surface area contributed by atoms with Gasteiger partial charge in [0, 0.05) is 32.4 Å². The number of ether oxygens (including phenoxy) is 1. The zero-order valence-electron chi connectivity index (χ0n) is 12.8. The number of hydrogen-bond acceptors (Lipinski definition) is 6. The van der Waals surface area contributed by atoms with Crippen LogP contribution < -0.4 is 15.1 Å². The molecule has 1 saturated heterocycles. The third-order valence-corrected chi connectivity index (χ3v) is 4.55. The van der Waals surface area contributed by atoms with Gasteiger partial charge in [-0.15, -0.1) is 0 Å². The number of rotatable bonds is 1. The molecule has 4 rings (SSSR count). The summed E-state index contributed by atoms with van der Waals surface area (Å²) in [5.74, 6) is 0.000935. The van der Waals surface area contributed by atoms with Gasteiger partial charge in [0.1, 0.15) is 5.70 Å². The third kappa shape index (κ3) is 2.25. The average molecular weight is 310 g/mol. The van der Waals surface area contributed by atoms with E-state index in [1.807, 2.05) is 12.3 Å². The normalized spacial score (nSPS) is 20.1. The molecule has 3 heterocycles. The molecule has 0 aromatic heterocycles. The average Bonchev–Trinajstić information content (AvgIpc) is 2.77. The number of allylic oxidation sites excluding steroid dienone is 1. The van der Waals surface area contributed by atoms with Crippen LogP contribution in [0.1, 0.15) is 22.3 Å². The van der Waals surface area contributed by atoms with Crippen molar-refractivity contribution in [2.45, 2.75) is 6.42 Å². The topological polar surface area (TPSA) is 68.6 Å². The highest BCUT2D eigenvalue weighted by molar-refractivity contribution is 6.21. The second-order valence-corrected chi connectivity index (χ2v) is 5.92. The van der Waals surface area contributed by atoms with Crippen molar-refractivity contribution >= 4 is 17.2 Å². The summed E-state index contributed by atoms with van der Waals surface area (Å²) in [7, 11) is 0. The summed E-state index contributed by atoms with van der Waals surface area (Å²) in [5, 5.41) is 12.5. The number of carbonyl (C=O) groups excluding carboxylic acids is 1. The van der Waals surface area contributed by atoms with E-state index in [0.717, 1.165) is 44.0 Å². The van der Waals surface area contributed by atoms with E-state index in [-0.39, 0.29) is 5.78 Å². The minimum atomic E-state index is 0.000935. The lowest BCUT2D eigenvalue weighted by Gasteiger charge is -2.32. The van der Waals surface area contributed by atoms with Gasteiger partial charge in [-0.05, 0) is 18.6 Å². The predicted molar refractivity (Wildman–Crippen MR) is 86.6 cm³/mol. The summed E-state index contributed by atoms with van der Waals surface area (Å²) in [6, 6.07) is 5.81. The van der Waals surface area contributed by atoms with Crippen molar-refractivity contribution in [1.29, 1.82) is 5.26 Å². The monoisotopic (exact) mass is 310 g/mol. The zero-order chi connectivity index (χ0) is 15.8. The van der Waals surface area contributed by atoms with Crippen LogP contribution in [0.15, 0.2) is 24.0 Å². The van der Waals surface area contributed by atoms with E-state index < -0.39 is 0 Å². The first-order valence-electron chi connectivity index (χ1n) is 7.96. The van der Waals surface area contributed by atoms with Crippen LogP contribution in [-0.2, 0) is 4.74 Å². The molecule has 0 unspecified atom stereocenters. The Morgan fingerprint density at radius 3 is 2.83 bits per heavy atom. The molecule has 0 aliphatic carbocycles. The number of fused-ring (bicyclic) bond motifs is 3. The highest BCUT2D eigenvalue weighted by Crippen LogP contribution is 2.43. The van der Waals surface area contributed by atoms with Crippen molar-refractivity contribution in [3.8, 4) is 6.07 Å². The fourth-order valence-corrected chi connectivity index (χ4v) is 3.45. The molecule has 0 saturated carbocycles. The molecular formula is C17H18N4O2. The Balaban J connectivity index is 1.88. The van der Waals surface area contributed by atoms with Crippen LogP contribution in [0.4, 0.5) is 11.4 Å². The van der Waals surface area contributed by atoms with Crippen molar-refractivity contribution < 1.29 is 9.53 Å². The smallest absolute Gasteiger partial charge is 0.213 e. The van der Waals surface area contributed by atoms with Gasteiger partial charge in [0.2, 0.25) is 5.78 Å². The predicted octanol–water partition coefficient (Wildman–Crippen LogP) is 1.23. The van der Waals surface area contributed by atoms with E-state index in [9.17, 15) is 10.1 Å². The molecule has 1 N–H and O–H groups in total. The van der Waals surface area contributed by atoms with Crippen molar-refractivity contribution in [2.24, 2.45) is 0 Å². The van der Waals surface area contributed by atoms with Crippen molar-refractivity contribution in [3.63, 3.8) is 0 Å². The molecule has 6 heteroatoms. The molecule has 3 aliphatic rings. The molecule has 0 radical (unpaired) electrons. The van der Waals surface area contributed by atoms with Crippen LogP contribution in [0.25, 0.3) is 0 Å². The van der Waals surface area contributed by atoms with E-state index in [2.05, 4.69) is 21.2 Å². The SMILES string of the molecule is N#Cc1cc2c(c(N3CCOCC3)c1)N1CCCNC=C1C2=O. The number of anilines is 2. The first-order chi connectivity index (χ1) is 11.3. The Morgan fingerprint density at radius 1 is 1.22 bits per heavy atom. The van der Waals surface area contributed by atoms with E-state index in [1.165, 1.54) is 0 Å². The number of morpholine rings is 1. The highest BCUT2D eigenvalue weighted by Gasteiger charge is 2.36. The maximum absolute atomic E-state index is 12.8. The first-order valence-corrected chi connectivity index (χ1v) is 7.96. The van der Waals surface area contributed by atoms with Gasteiger partial charge in [0.15, 0.2) is 0 Å². The molecule has 1 aromatic rings. The van der Waals surface area contributed by atoms with Gasteiger partial charge in [-0.1, -0.05) is 0 Å². The van der Waals surface area contributed by atoms with E-state index >= 15 is 0 Å². The fraction of sp³-hybridized carbons (Fsp3) is 0.412. The Kier molecular flexibility index (Phi) is 3.43.